The maximum atomic E-state index is 4.70. The summed E-state index contributed by atoms with van der Waals surface area (Å²) in [4.78, 5) is 9.28. The Morgan fingerprint density at radius 1 is 1.41 bits per heavy atom. The number of nitrogens with one attached hydrogen (secondary N) is 2. The van der Waals surface area contributed by atoms with Crippen molar-refractivity contribution < 1.29 is 0 Å². The molecule has 2 unspecified atom stereocenters. The normalized spacial score (nSPS) is 22.0. The van der Waals surface area contributed by atoms with Gasteiger partial charge in [-0.3, -0.25) is 0 Å². The lowest BCUT2D eigenvalue weighted by molar-refractivity contribution is 0.614. The number of hydrogen-bond acceptors (Lipinski definition) is 4. The second-order valence-corrected chi connectivity index (χ2v) is 8.03. The molecule has 22 heavy (non-hydrogen) atoms. The second-order valence-electron chi connectivity index (χ2n) is 5.51. The largest absolute Gasteiger partial charge is 0.357 e. The third-order valence-electron chi connectivity index (χ3n) is 3.77. The number of rotatable bonds is 7. The van der Waals surface area contributed by atoms with Crippen LogP contribution in [0.4, 0.5) is 0 Å². The summed E-state index contributed by atoms with van der Waals surface area (Å²) >= 11 is 3.82. The second kappa shape index (κ2) is 9.40. The first-order valence-corrected chi connectivity index (χ1v) is 10.3. The van der Waals surface area contributed by atoms with Crippen LogP contribution in [0.5, 0.6) is 0 Å². The number of hydrogen-bond donors (Lipinski definition) is 2. The van der Waals surface area contributed by atoms with Gasteiger partial charge >= 0.3 is 0 Å². The molecule has 0 aromatic carbocycles. The van der Waals surface area contributed by atoms with Crippen molar-refractivity contribution in [1.29, 1.82) is 0 Å². The Bertz CT molecular complexity index is 472. The molecule has 2 atom stereocenters. The molecule has 1 saturated carbocycles. The van der Waals surface area contributed by atoms with Crippen LogP contribution >= 0.6 is 23.1 Å². The molecular formula is C16H28N4S2. The molecule has 1 aromatic heterocycles. The van der Waals surface area contributed by atoms with Crippen LogP contribution in [0.2, 0.25) is 0 Å². The highest BCUT2D eigenvalue weighted by Crippen LogP contribution is 2.29. The maximum absolute atomic E-state index is 4.70. The van der Waals surface area contributed by atoms with Crippen LogP contribution in [0, 0.1) is 0 Å². The molecular weight excluding hydrogens is 312 g/mol. The lowest BCUT2D eigenvalue weighted by atomic mass is 10.2. The minimum absolute atomic E-state index is 0.559. The molecule has 4 nitrogen and oxygen atoms in total. The van der Waals surface area contributed by atoms with Gasteiger partial charge in [-0.25, -0.2) is 9.98 Å². The van der Waals surface area contributed by atoms with Crippen LogP contribution < -0.4 is 10.6 Å². The van der Waals surface area contributed by atoms with Gasteiger partial charge in [0.05, 0.1) is 17.2 Å². The van der Waals surface area contributed by atoms with Crippen LogP contribution in [-0.2, 0) is 13.0 Å². The molecule has 0 saturated heterocycles. The fourth-order valence-electron chi connectivity index (χ4n) is 2.72. The van der Waals surface area contributed by atoms with Crippen molar-refractivity contribution in [1.82, 2.24) is 15.6 Å². The molecule has 1 aliphatic rings. The molecule has 1 aromatic rings. The number of nitrogens with zero attached hydrogens (tertiary/aromatic N) is 2. The highest BCUT2D eigenvalue weighted by molar-refractivity contribution is 7.99. The first-order valence-electron chi connectivity index (χ1n) is 8.34. The van der Waals surface area contributed by atoms with Gasteiger partial charge in [0, 0.05) is 23.2 Å². The van der Waals surface area contributed by atoms with Crippen LogP contribution in [0.25, 0.3) is 0 Å². The molecule has 0 amide bonds. The quantitative estimate of drug-likeness (QED) is 0.590. The molecule has 124 valence electrons. The van der Waals surface area contributed by atoms with E-state index in [9.17, 15) is 0 Å². The number of thioether (sulfide) groups is 1. The van der Waals surface area contributed by atoms with Crippen molar-refractivity contribution >= 4 is 29.1 Å². The van der Waals surface area contributed by atoms with Crippen molar-refractivity contribution in [3.05, 3.63) is 16.1 Å². The van der Waals surface area contributed by atoms with Crippen LogP contribution in [0.15, 0.2) is 10.4 Å². The lowest BCUT2D eigenvalue weighted by Gasteiger charge is -2.17. The van der Waals surface area contributed by atoms with Crippen molar-refractivity contribution in [2.45, 2.75) is 64.3 Å². The SMILES string of the molecule is CCNC(=NCc1csc(CC)n1)NC1CCC(SCC)C1. The molecule has 2 rings (SSSR count). The fourth-order valence-corrected chi connectivity index (χ4v) is 4.59. The highest BCUT2D eigenvalue weighted by Gasteiger charge is 2.25. The van der Waals surface area contributed by atoms with Crippen molar-refractivity contribution in [2.75, 3.05) is 12.3 Å². The molecule has 1 aliphatic carbocycles. The predicted octanol–water partition coefficient (Wildman–Crippen LogP) is 3.43. The molecule has 2 N–H and O–H groups in total. The summed E-state index contributed by atoms with van der Waals surface area (Å²) in [5.74, 6) is 2.15. The summed E-state index contributed by atoms with van der Waals surface area (Å²) in [7, 11) is 0. The molecule has 0 radical (unpaired) electrons. The van der Waals surface area contributed by atoms with E-state index in [2.05, 4.69) is 53.5 Å². The van der Waals surface area contributed by atoms with Crippen molar-refractivity contribution in [3.8, 4) is 0 Å². The van der Waals surface area contributed by atoms with Gasteiger partial charge in [0.15, 0.2) is 5.96 Å². The third-order valence-corrected chi connectivity index (χ3v) is 6.05. The standard InChI is InChI=1S/C16H28N4S2/c1-4-15-19-13(11-22-15)10-18-16(17-5-2)20-12-7-8-14(9-12)21-6-3/h11-12,14H,4-10H2,1-3H3,(H2,17,18,20). The van der Waals surface area contributed by atoms with E-state index >= 15 is 0 Å². The Kier molecular flexibility index (Phi) is 7.52. The van der Waals surface area contributed by atoms with Gasteiger partial charge in [-0.05, 0) is 38.4 Å². The number of guanidine groups is 1. The van der Waals surface area contributed by atoms with E-state index < -0.39 is 0 Å². The zero-order valence-electron chi connectivity index (χ0n) is 13.9. The smallest absolute Gasteiger partial charge is 0.191 e. The van der Waals surface area contributed by atoms with E-state index in [0.717, 1.165) is 29.9 Å². The van der Waals surface area contributed by atoms with Gasteiger partial charge < -0.3 is 10.6 Å². The van der Waals surface area contributed by atoms with E-state index in [0.29, 0.717) is 12.6 Å². The summed E-state index contributed by atoms with van der Waals surface area (Å²) in [6, 6.07) is 0.559. The number of aliphatic imine (C=N–C) groups is 1. The van der Waals surface area contributed by atoms with Crippen LogP contribution in [0.3, 0.4) is 0 Å². The van der Waals surface area contributed by atoms with E-state index in [1.165, 1.54) is 30.0 Å². The van der Waals surface area contributed by atoms with E-state index in [1.807, 2.05) is 0 Å². The van der Waals surface area contributed by atoms with Gasteiger partial charge in [-0.15, -0.1) is 11.3 Å². The van der Waals surface area contributed by atoms with Crippen molar-refractivity contribution in [3.63, 3.8) is 0 Å². The zero-order valence-corrected chi connectivity index (χ0v) is 15.5. The van der Waals surface area contributed by atoms with E-state index in [1.54, 1.807) is 11.3 Å². The minimum Gasteiger partial charge on any atom is -0.357 e. The van der Waals surface area contributed by atoms with Crippen LogP contribution in [0.1, 0.15) is 50.7 Å². The first-order chi connectivity index (χ1) is 10.7. The predicted molar refractivity (Wildman–Crippen MR) is 99.0 cm³/mol. The lowest BCUT2D eigenvalue weighted by Crippen LogP contribution is -2.42. The molecule has 0 aliphatic heterocycles. The number of aryl methyl sites for hydroxylation is 1. The third kappa shape index (κ3) is 5.47. The fraction of sp³-hybridized carbons (Fsp3) is 0.750. The minimum atomic E-state index is 0.559. The Morgan fingerprint density at radius 2 is 2.27 bits per heavy atom. The summed E-state index contributed by atoms with van der Waals surface area (Å²) < 4.78 is 0. The Balaban J connectivity index is 1.87. The monoisotopic (exact) mass is 340 g/mol. The molecule has 1 fully saturated rings. The van der Waals surface area contributed by atoms with Gasteiger partial charge in [-0.1, -0.05) is 13.8 Å². The Labute approximate surface area is 142 Å². The molecule has 0 bridgehead atoms. The molecule has 6 heteroatoms. The Morgan fingerprint density at radius 3 is 2.95 bits per heavy atom. The summed E-state index contributed by atoms with van der Waals surface area (Å²) in [6.45, 7) is 8.05. The zero-order chi connectivity index (χ0) is 15.8. The molecule has 1 heterocycles. The first kappa shape index (κ1) is 17.6. The average Bonchev–Trinajstić information content (AvgIpc) is 3.14. The maximum Gasteiger partial charge on any atom is 0.191 e. The van der Waals surface area contributed by atoms with E-state index in [4.69, 9.17) is 4.99 Å². The topological polar surface area (TPSA) is 49.3 Å². The van der Waals surface area contributed by atoms with E-state index in [-0.39, 0.29) is 0 Å². The highest BCUT2D eigenvalue weighted by atomic mass is 32.2. The summed E-state index contributed by atoms with van der Waals surface area (Å²) in [5.41, 5.74) is 1.07. The number of thiazole rings is 1. The summed E-state index contributed by atoms with van der Waals surface area (Å²) in [5, 5.41) is 11.1. The van der Waals surface area contributed by atoms with Crippen molar-refractivity contribution in [2.24, 2.45) is 4.99 Å². The van der Waals surface area contributed by atoms with Gasteiger partial charge in [0.2, 0.25) is 0 Å². The summed E-state index contributed by atoms with van der Waals surface area (Å²) in [6.07, 6.45) is 4.82. The van der Waals surface area contributed by atoms with Crippen LogP contribution in [-0.4, -0.2) is 34.5 Å². The van der Waals surface area contributed by atoms with Gasteiger partial charge in [-0.2, -0.15) is 11.8 Å². The van der Waals surface area contributed by atoms with Gasteiger partial charge in [0.25, 0.3) is 0 Å². The van der Waals surface area contributed by atoms with Gasteiger partial charge in [0.1, 0.15) is 0 Å². The molecule has 0 spiro atoms. The average molecular weight is 341 g/mol. The number of aromatic nitrogens is 1. The Hall–Kier alpha value is -0.750.